The van der Waals surface area contributed by atoms with E-state index in [0.717, 1.165) is 30.5 Å². The van der Waals surface area contributed by atoms with Crippen molar-refractivity contribution in [3.05, 3.63) is 35.4 Å². The Balaban J connectivity index is 0.00000180. The fraction of sp³-hybridized carbons (Fsp3) is 0.533. The summed E-state index contributed by atoms with van der Waals surface area (Å²) >= 11 is 0. The average molecular weight is 283 g/mol. The fourth-order valence-electron chi connectivity index (χ4n) is 2.69. The second-order valence-corrected chi connectivity index (χ2v) is 5.35. The summed E-state index contributed by atoms with van der Waals surface area (Å²) in [5.41, 5.74) is 7.41. The van der Waals surface area contributed by atoms with Crippen LogP contribution in [0.25, 0.3) is 0 Å². The molecule has 2 rings (SSSR count). The maximum absolute atomic E-state index is 12.5. The van der Waals surface area contributed by atoms with Crippen LogP contribution in [0.4, 0.5) is 0 Å². The van der Waals surface area contributed by atoms with Crippen molar-refractivity contribution in [2.45, 2.75) is 39.3 Å². The van der Waals surface area contributed by atoms with E-state index in [1.807, 2.05) is 29.2 Å². The van der Waals surface area contributed by atoms with Gasteiger partial charge in [-0.1, -0.05) is 26.0 Å². The largest absolute Gasteiger partial charge is 0.335 e. The molecule has 1 unspecified atom stereocenters. The number of carbonyl (C=O) groups is 1. The molecule has 1 fully saturated rings. The number of hydrogen-bond donors (Lipinski definition) is 1. The lowest BCUT2D eigenvalue weighted by Gasteiger charge is -2.27. The normalized spacial score (nSPS) is 18.5. The Morgan fingerprint density at radius 3 is 2.53 bits per heavy atom. The zero-order chi connectivity index (χ0) is 13.1. The van der Waals surface area contributed by atoms with Crippen LogP contribution in [0, 0.1) is 5.92 Å². The molecule has 1 heterocycles. The third kappa shape index (κ3) is 3.48. The van der Waals surface area contributed by atoms with Crippen molar-refractivity contribution < 1.29 is 4.79 Å². The van der Waals surface area contributed by atoms with Gasteiger partial charge in [-0.2, -0.15) is 0 Å². The van der Waals surface area contributed by atoms with E-state index in [1.54, 1.807) is 0 Å². The summed E-state index contributed by atoms with van der Waals surface area (Å²) in [5, 5.41) is 0. The number of rotatable bonds is 3. The smallest absolute Gasteiger partial charge is 0.254 e. The number of benzene rings is 1. The van der Waals surface area contributed by atoms with Gasteiger partial charge in [0.05, 0.1) is 0 Å². The zero-order valence-corrected chi connectivity index (χ0v) is 12.5. The lowest BCUT2D eigenvalue weighted by atomic mass is 10.0. The third-order valence-electron chi connectivity index (χ3n) is 3.77. The molecule has 1 aromatic carbocycles. The molecule has 106 valence electrons. The zero-order valence-electron chi connectivity index (χ0n) is 11.6. The van der Waals surface area contributed by atoms with Crippen molar-refractivity contribution in [1.29, 1.82) is 0 Å². The van der Waals surface area contributed by atoms with Crippen LogP contribution in [0.15, 0.2) is 24.3 Å². The van der Waals surface area contributed by atoms with Crippen molar-refractivity contribution in [2.24, 2.45) is 11.7 Å². The second-order valence-electron chi connectivity index (χ2n) is 5.35. The number of nitrogens with zero attached hydrogens (tertiary/aromatic N) is 1. The number of halogens is 1. The minimum atomic E-state index is 0. The molecule has 1 aromatic rings. The van der Waals surface area contributed by atoms with E-state index in [2.05, 4.69) is 13.8 Å². The Bertz CT molecular complexity index is 417. The van der Waals surface area contributed by atoms with E-state index in [4.69, 9.17) is 5.73 Å². The molecule has 19 heavy (non-hydrogen) atoms. The van der Waals surface area contributed by atoms with Crippen molar-refractivity contribution in [3.63, 3.8) is 0 Å². The van der Waals surface area contributed by atoms with Gasteiger partial charge in [-0.05, 0) is 36.5 Å². The van der Waals surface area contributed by atoms with Crippen LogP contribution in [0.1, 0.15) is 42.6 Å². The van der Waals surface area contributed by atoms with Crippen LogP contribution in [0.2, 0.25) is 0 Å². The summed E-state index contributed by atoms with van der Waals surface area (Å²) < 4.78 is 0. The van der Waals surface area contributed by atoms with Crippen molar-refractivity contribution in [3.8, 4) is 0 Å². The first kappa shape index (κ1) is 16.0. The Morgan fingerprint density at radius 1 is 1.37 bits per heavy atom. The first-order valence-corrected chi connectivity index (χ1v) is 6.73. The standard InChI is InChI=1S/C15H22N2O.ClH/c1-11(2)14-4-3-9-17(14)15(18)13-7-5-12(10-16)6-8-13;/h5-8,11,14H,3-4,9-10,16H2,1-2H3;1H. The molecule has 0 bridgehead atoms. The first-order valence-electron chi connectivity index (χ1n) is 6.73. The SMILES string of the molecule is CC(C)C1CCCN1C(=O)c1ccc(CN)cc1.Cl. The predicted molar refractivity (Wildman–Crippen MR) is 80.5 cm³/mol. The van der Waals surface area contributed by atoms with Crippen molar-refractivity contribution >= 4 is 18.3 Å². The van der Waals surface area contributed by atoms with Gasteiger partial charge in [-0.25, -0.2) is 0 Å². The second kappa shape index (κ2) is 6.92. The van der Waals surface area contributed by atoms with Crippen LogP contribution >= 0.6 is 12.4 Å². The van der Waals surface area contributed by atoms with Gasteiger partial charge in [0.2, 0.25) is 0 Å². The van der Waals surface area contributed by atoms with Crippen molar-refractivity contribution in [2.75, 3.05) is 6.54 Å². The van der Waals surface area contributed by atoms with E-state index < -0.39 is 0 Å². The Kier molecular flexibility index (Phi) is 5.83. The Labute approximate surface area is 121 Å². The van der Waals surface area contributed by atoms with Crippen molar-refractivity contribution in [1.82, 2.24) is 4.90 Å². The highest BCUT2D eigenvalue weighted by atomic mass is 35.5. The fourth-order valence-corrected chi connectivity index (χ4v) is 2.69. The molecular formula is C15H23ClN2O. The monoisotopic (exact) mass is 282 g/mol. The molecule has 0 radical (unpaired) electrons. The molecule has 0 saturated carbocycles. The molecule has 0 spiro atoms. The van der Waals surface area contributed by atoms with E-state index in [9.17, 15) is 4.79 Å². The van der Waals surface area contributed by atoms with Gasteiger partial charge in [0.1, 0.15) is 0 Å². The predicted octanol–water partition coefficient (Wildman–Crippen LogP) is 2.83. The summed E-state index contributed by atoms with van der Waals surface area (Å²) in [6.45, 7) is 5.79. The Hall–Kier alpha value is -1.06. The van der Waals surface area contributed by atoms with Crippen LogP contribution in [-0.2, 0) is 6.54 Å². The van der Waals surface area contributed by atoms with Gasteiger partial charge in [0, 0.05) is 24.7 Å². The van der Waals surface area contributed by atoms with Crippen LogP contribution < -0.4 is 5.73 Å². The highest BCUT2D eigenvalue weighted by molar-refractivity contribution is 5.94. The molecule has 4 heteroatoms. The lowest BCUT2D eigenvalue weighted by Crippen LogP contribution is -2.38. The number of nitrogens with two attached hydrogens (primary N) is 1. The van der Waals surface area contributed by atoms with Gasteiger partial charge in [-0.15, -0.1) is 12.4 Å². The van der Waals surface area contributed by atoms with Gasteiger partial charge < -0.3 is 10.6 Å². The molecule has 0 aliphatic carbocycles. The molecule has 1 saturated heterocycles. The van der Waals surface area contributed by atoms with E-state index in [0.29, 0.717) is 18.5 Å². The van der Waals surface area contributed by atoms with Crippen LogP contribution in [0.3, 0.4) is 0 Å². The van der Waals surface area contributed by atoms with Gasteiger partial charge >= 0.3 is 0 Å². The molecule has 1 amide bonds. The van der Waals surface area contributed by atoms with Crippen LogP contribution in [-0.4, -0.2) is 23.4 Å². The lowest BCUT2D eigenvalue weighted by molar-refractivity contribution is 0.0701. The summed E-state index contributed by atoms with van der Waals surface area (Å²) in [5.74, 6) is 0.689. The number of carbonyl (C=O) groups excluding carboxylic acids is 1. The van der Waals surface area contributed by atoms with Gasteiger partial charge in [0.15, 0.2) is 0 Å². The third-order valence-corrected chi connectivity index (χ3v) is 3.77. The molecule has 1 atom stereocenters. The molecule has 2 N–H and O–H groups in total. The maximum Gasteiger partial charge on any atom is 0.254 e. The first-order chi connectivity index (χ1) is 8.63. The van der Waals surface area contributed by atoms with E-state index in [1.165, 1.54) is 0 Å². The van der Waals surface area contributed by atoms with Crippen LogP contribution in [0.5, 0.6) is 0 Å². The quantitative estimate of drug-likeness (QED) is 0.927. The van der Waals surface area contributed by atoms with E-state index in [-0.39, 0.29) is 18.3 Å². The summed E-state index contributed by atoms with van der Waals surface area (Å²) in [6, 6.07) is 8.05. The average Bonchev–Trinajstić information content (AvgIpc) is 2.87. The van der Waals surface area contributed by atoms with E-state index >= 15 is 0 Å². The number of hydrogen-bond acceptors (Lipinski definition) is 2. The minimum absolute atomic E-state index is 0. The molecule has 0 aromatic heterocycles. The molecule has 1 aliphatic rings. The number of likely N-dealkylation sites (tertiary alicyclic amines) is 1. The number of amides is 1. The highest BCUT2D eigenvalue weighted by Crippen LogP contribution is 2.25. The highest BCUT2D eigenvalue weighted by Gasteiger charge is 2.31. The molecular weight excluding hydrogens is 260 g/mol. The minimum Gasteiger partial charge on any atom is -0.335 e. The summed E-state index contributed by atoms with van der Waals surface area (Å²) in [4.78, 5) is 14.5. The summed E-state index contributed by atoms with van der Waals surface area (Å²) in [6.07, 6.45) is 2.25. The summed E-state index contributed by atoms with van der Waals surface area (Å²) in [7, 11) is 0. The van der Waals surface area contributed by atoms with Gasteiger partial charge in [-0.3, -0.25) is 4.79 Å². The maximum atomic E-state index is 12.5. The topological polar surface area (TPSA) is 46.3 Å². The van der Waals surface area contributed by atoms with Gasteiger partial charge in [0.25, 0.3) is 5.91 Å². The molecule has 3 nitrogen and oxygen atoms in total. The molecule has 1 aliphatic heterocycles. The Morgan fingerprint density at radius 2 is 2.00 bits per heavy atom.